The number of methoxy groups -OCH3 is 1. The standard InChI is InChI=1S/C17H17NO5S/c1-23-17(22)12-7-6-10-4-2-3-5-11(10)15(12)14(19)8-18-13(9-24)16(20)21/h2-7,13,18,24H,8-9H2,1H3,(H,20,21). The molecule has 0 heterocycles. The van der Waals surface area contributed by atoms with Gasteiger partial charge in [0.15, 0.2) is 5.78 Å². The Morgan fingerprint density at radius 3 is 2.54 bits per heavy atom. The highest BCUT2D eigenvalue weighted by Crippen LogP contribution is 2.23. The molecule has 0 aliphatic rings. The van der Waals surface area contributed by atoms with Crippen molar-refractivity contribution in [3.63, 3.8) is 0 Å². The van der Waals surface area contributed by atoms with Crippen LogP contribution in [0.4, 0.5) is 0 Å². The van der Waals surface area contributed by atoms with Gasteiger partial charge in [0.2, 0.25) is 0 Å². The van der Waals surface area contributed by atoms with Crippen molar-refractivity contribution in [2.24, 2.45) is 0 Å². The summed E-state index contributed by atoms with van der Waals surface area (Å²) in [6, 6.07) is 9.48. The lowest BCUT2D eigenvalue weighted by Gasteiger charge is -2.14. The van der Waals surface area contributed by atoms with Crippen LogP contribution in [-0.4, -0.2) is 48.3 Å². The second kappa shape index (κ2) is 7.94. The van der Waals surface area contributed by atoms with Crippen LogP contribution in [0.5, 0.6) is 0 Å². The summed E-state index contributed by atoms with van der Waals surface area (Å²) in [6.07, 6.45) is 0. The van der Waals surface area contributed by atoms with E-state index in [1.54, 1.807) is 18.2 Å². The first-order valence-corrected chi connectivity index (χ1v) is 7.83. The van der Waals surface area contributed by atoms with Gasteiger partial charge in [-0.3, -0.25) is 14.9 Å². The van der Waals surface area contributed by atoms with Crippen molar-refractivity contribution in [3.8, 4) is 0 Å². The van der Waals surface area contributed by atoms with Crippen LogP contribution in [0.25, 0.3) is 10.8 Å². The average Bonchev–Trinajstić information content (AvgIpc) is 2.60. The Morgan fingerprint density at radius 1 is 1.21 bits per heavy atom. The van der Waals surface area contributed by atoms with Crippen molar-refractivity contribution in [3.05, 3.63) is 47.5 Å². The van der Waals surface area contributed by atoms with Crippen LogP contribution in [0.2, 0.25) is 0 Å². The van der Waals surface area contributed by atoms with Crippen molar-refractivity contribution in [1.82, 2.24) is 5.32 Å². The number of benzene rings is 2. The number of nitrogens with one attached hydrogen (secondary N) is 1. The molecule has 0 saturated heterocycles. The minimum absolute atomic E-state index is 0.0437. The van der Waals surface area contributed by atoms with E-state index in [1.165, 1.54) is 13.2 Å². The van der Waals surface area contributed by atoms with Gasteiger partial charge in [-0.15, -0.1) is 0 Å². The molecule has 24 heavy (non-hydrogen) atoms. The molecule has 6 nitrogen and oxygen atoms in total. The third-order valence-corrected chi connectivity index (χ3v) is 3.97. The highest BCUT2D eigenvalue weighted by atomic mass is 32.1. The number of rotatable bonds is 7. The zero-order valence-corrected chi connectivity index (χ0v) is 13.9. The normalized spacial score (nSPS) is 11.9. The zero-order chi connectivity index (χ0) is 17.7. The molecule has 126 valence electrons. The summed E-state index contributed by atoms with van der Waals surface area (Å²) in [5.74, 6) is -2.06. The number of carbonyl (C=O) groups excluding carboxylic acids is 2. The van der Waals surface area contributed by atoms with Crippen LogP contribution in [-0.2, 0) is 9.53 Å². The summed E-state index contributed by atoms with van der Waals surface area (Å²) >= 11 is 3.94. The Bertz CT molecular complexity index is 790. The van der Waals surface area contributed by atoms with E-state index in [1.807, 2.05) is 12.1 Å². The molecule has 0 aromatic heterocycles. The van der Waals surface area contributed by atoms with Crippen molar-refractivity contribution in [2.75, 3.05) is 19.4 Å². The summed E-state index contributed by atoms with van der Waals surface area (Å²) in [6.45, 7) is -0.227. The molecule has 0 spiro atoms. The van der Waals surface area contributed by atoms with Crippen LogP contribution >= 0.6 is 12.6 Å². The largest absolute Gasteiger partial charge is 0.480 e. The van der Waals surface area contributed by atoms with Crippen LogP contribution in [0.15, 0.2) is 36.4 Å². The molecule has 7 heteroatoms. The third kappa shape index (κ3) is 3.74. The first-order valence-electron chi connectivity index (χ1n) is 7.20. The summed E-state index contributed by atoms with van der Waals surface area (Å²) in [4.78, 5) is 35.7. The second-order valence-electron chi connectivity index (χ2n) is 5.08. The highest BCUT2D eigenvalue weighted by Gasteiger charge is 2.22. The van der Waals surface area contributed by atoms with E-state index >= 15 is 0 Å². The Kier molecular flexibility index (Phi) is 5.94. The fourth-order valence-electron chi connectivity index (χ4n) is 2.39. The molecule has 0 aliphatic carbocycles. The topological polar surface area (TPSA) is 92.7 Å². The number of Topliss-reactive ketones (excluding diaryl/α,β-unsaturated/α-hetero) is 1. The van der Waals surface area contributed by atoms with Gasteiger partial charge in [0.1, 0.15) is 6.04 Å². The number of esters is 1. The Balaban J connectivity index is 2.42. The molecule has 0 amide bonds. The fourth-order valence-corrected chi connectivity index (χ4v) is 2.67. The number of thiol groups is 1. The monoisotopic (exact) mass is 347 g/mol. The Hall–Kier alpha value is -2.38. The summed E-state index contributed by atoms with van der Waals surface area (Å²) in [5, 5.41) is 13.1. The predicted octanol–water partition coefficient (Wildman–Crippen LogP) is 1.78. The van der Waals surface area contributed by atoms with E-state index in [2.05, 4.69) is 17.9 Å². The Labute approximate surface area is 144 Å². The van der Waals surface area contributed by atoms with Crippen molar-refractivity contribution >= 4 is 41.1 Å². The number of fused-ring (bicyclic) bond motifs is 1. The average molecular weight is 347 g/mol. The zero-order valence-electron chi connectivity index (χ0n) is 13.0. The first kappa shape index (κ1) is 18.0. The van der Waals surface area contributed by atoms with Gasteiger partial charge >= 0.3 is 11.9 Å². The van der Waals surface area contributed by atoms with Crippen LogP contribution in [0, 0.1) is 0 Å². The molecule has 2 rings (SSSR count). The molecule has 0 saturated carbocycles. The second-order valence-corrected chi connectivity index (χ2v) is 5.44. The maximum atomic E-state index is 12.7. The molecule has 2 aromatic carbocycles. The lowest BCUT2D eigenvalue weighted by molar-refractivity contribution is -0.138. The minimum atomic E-state index is -1.09. The third-order valence-electron chi connectivity index (χ3n) is 3.60. The number of aliphatic carboxylic acids is 1. The SMILES string of the molecule is COC(=O)c1ccc2ccccc2c1C(=O)CNC(CS)C(=O)O. The number of ketones is 1. The minimum Gasteiger partial charge on any atom is -0.480 e. The molecule has 0 fully saturated rings. The molecule has 0 radical (unpaired) electrons. The lowest BCUT2D eigenvalue weighted by Crippen LogP contribution is -2.41. The van der Waals surface area contributed by atoms with E-state index < -0.39 is 18.0 Å². The van der Waals surface area contributed by atoms with Crippen molar-refractivity contribution in [1.29, 1.82) is 0 Å². The van der Waals surface area contributed by atoms with Gasteiger partial charge in [-0.05, 0) is 16.8 Å². The summed E-state index contributed by atoms with van der Waals surface area (Å²) in [7, 11) is 1.24. The van der Waals surface area contributed by atoms with Crippen molar-refractivity contribution < 1.29 is 24.2 Å². The number of hydrogen-bond acceptors (Lipinski definition) is 6. The van der Waals surface area contributed by atoms with Crippen LogP contribution in [0.3, 0.4) is 0 Å². The van der Waals surface area contributed by atoms with Gasteiger partial charge in [-0.2, -0.15) is 12.6 Å². The van der Waals surface area contributed by atoms with E-state index in [9.17, 15) is 14.4 Å². The van der Waals surface area contributed by atoms with Gasteiger partial charge in [0.25, 0.3) is 0 Å². The number of carbonyl (C=O) groups is 3. The van der Waals surface area contributed by atoms with E-state index in [0.29, 0.717) is 5.39 Å². The molecular formula is C17H17NO5S. The van der Waals surface area contributed by atoms with Gasteiger partial charge in [0.05, 0.1) is 19.2 Å². The molecule has 2 N–H and O–H groups in total. The maximum Gasteiger partial charge on any atom is 0.338 e. The fraction of sp³-hybridized carbons (Fsp3) is 0.235. The van der Waals surface area contributed by atoms with E-state index in [4.69, 9.17) is 9.84 Å². The first-order chi connectivity index (χ1) is 11.5. The number of carboxylic acid groups (broad SMARTS) is 1. The van der Waals surface area contributed by atoms with Gasteiger partial charge in [-0.25, -0.2) is 4.79 Å². The summed E-state index contributed by atoms with van der Waals surface area (Å²) in [5.41, 5.74) is 0.372. The quantitative estimate of drug-likeness (QED) is 0.402. The predicted molar refractivity (Wildman–Crippen MR) is 92.9 cm³/mol. The van der Waals surface area contributed by atoms with Gasteiger partial charge in [-0.1, -0.05) is 30.3 Å². The van der Waals surface area contributed by atoms with E-state index in [0.717, 1.165) is 5.39 Å². The van der Waals surface area contributed by atoms with Gasteiger partial charge in [0, 0.05) is 11.3 Å². The lowest BCUT2D eigenvalue weighted by atomic mass is 9.95. The number of carboxylic acids is 1. The Morgan fingerprint density at radius 2 is 1.92 bits per heavy atom. The number of hydrogen-bond donors (Lipinski definition) is 3. The van der Waals surface area contributed by atoms with Gasteiger partial charge < -0.3 is 9.84 Å². The van der Waals surface area contributed by atoms with Crippen LogP contribution in [0.1, 0.15) is 20.7 Å². The number of ether oxygens (including phenoxy) is 1. The molecule has 2 aromatic rings. The molecule has 1 atom stereocenters. The van der Waals surface area contributed by atoms with E-state index in [-0.39, 0.29) is 29.2 Å². The molecule has 0 bridgehead atoms. The highest BCUT2D eigenvalue weighted by molar-refractivity contribution is 7.80. The smallest absolute Gasteiger partial charge is 0.338 e. The molecule has 1 unspecified atom stereocenters. The molecular weight excluding hydrogens is 330 g/mol. The van der Waals surface area contributed by atoms with Crippen molar-refractivity contribution in [2.45, 2.75) is 6.04 Å². The van der Waals surface area contributed by atoms with Crippen LogP contribution < -0.4 is 5.32 Å². The molecule has 0 aliphatic heterocycles. The maximum absolute atomic E-state index is 12.7. The summed E-state index contributed by atoms with van der Waals surface area (Å²) < 4.78 is 4.74.